The average Bonchev–Trinajstić information content (AvgIpc) is 3.66. The Balaban J connectivity index is 0.000000349. The summed E-state index contributed by atoms with van der Waals surface area (Å²) in [6.45, 7) is 5.14. The van der Waals surface area contributed by atoms with E-state index >= 15 is 0 Å². The molecule has 0 unspecified atom stereocenters. The second-order valence-electron chi connectivity index (χ2n) is 9.60. The molecule has 1 saturated carbocycles. The Kier molecular flexibility index (Phi) is 12.1. The number of aromatic amines is 1. The number of hydrogen-bond acceptors (Lipinski definition) is 5. The van der Waals surface area contributed by atoms with E-state index in [0.29, 0.717) is 18.0 Å². The molecule has 2 aromatic rings. The van der Waals surface area contributed by atoms with Crippen molar-refractivity contribution in [2.45, 2.75) is 57.2 Å². The highest BCUT2D eigenvalue weighted by atomic mass is 19.4. The summed E-state index contributed by atoms with van der Waals surface area (Å²) in [6.07, 6.45) is -2.56. The molecule has 1 aliphatic heterocycles. The first-order valence-corrected chi connectivity index (χ1v) is 12.6. The number of piperidine rings is 1. The number of carboxylic acids is 2. The lowest BCUT2D eigenvalue weighted by Gasteiger charge is -2.32. The molecule has 2 heterocycles. The fourth-order valence-electron chi connectivity index (χ4n) is 4.18. The maximum absolute atomic E-state index is 11.8. The number of benzene rings is 1. The first-order valence-electron chi connectivity index (χ1n) is 12.6. The zero-order chi connectivity index (χ0) is 30.8. The molecule has 4 rings (SSSR count). The van der Waals surface area contributed by atoms with Crippen LogP contribution < -0.4 is 10.9 Å². The van der Waals surface area contributed by atoms with E-state index in [4.69, 9.17) is 19.8 Å². The van der Waals surface area contributed by atoms with Crippen LogP contribution in [0.1, 0.15) is 37.3 Å². The molecule has 1 saturated heterocycles. The summed E-state index contributed by atoms with van der Waals surface area (Å²) >= 11 is 0. The van der Waals surface area contributed by atoms with Crippen LogP contribution in [0.25, 0.3) is 6.08 Å². The Bertz CT molecular complexity index is 1200. The minimum absolute atomic E-state index is 0.0410. The monoisotopic (exact) mass is 591 g/mol. The third-order valence-electron chi connectivity index (χ3n) is 6.39. The van der Waals surface area contributed by atoms with Crippen molar-refractivity contribution in [1.82, 2.24) is 15.2 Å². The number of pyridine rings is 1. The number of carbonyl (C=O) groups is 2. The Morgan fingerprint density at radius 2 is 1.51 bits per heavy atom. The van der Waals surface area contributed by atoms with Crippen molar-refractivity contribution in [2.24, 2.45) is 5.92 Å². The van der Waals surface area contributed by atoms with Crippen LogP contribution in [0, 0.1) is 5.92 Å². The SMILES string of the molecule is C/C(=C\c1ccccc1)[C@@H]1C[C@H]1NC1CCN(Cc2ccc[nH]c2=O)CC1.O=C(O)C(F)(F)F.O=C(O)C(F)(F)F. The molecule has 1 aliphatic carbocycles. The second-order valence-corrected chi connectivity index (χ2v) is 9.60. The number of H-pyrrole nitrogens is 1. The normalized spacial score (nSPS) is 19.7. The van der Waals surface area contributed by atoms with Gasteiger partial charge in [-0.15, -0.1) is 0 Å². The standard InChI is InChI=1S/C23H29N3O.2C2HF3O2/c1-17(14-18-6-3-2-4-7-18)21-15-22(21)25-20-9-12-26(13-10-20)16-19-8-5-11-24-23(19)27;2*3-2(4,5)1(6)7/h2-8,11,14,20-22,25H,9-10,12-13,15-16H2,1H3,(H,24,27);2*(H,6,7)/b17-14+;;/t21-,22+;;/m0../s1. The number of rotatable bonds is 6. The second kappa shape index (κ2) is 14.8. The predicted molar refractivity (Wildman–Crippen MR) is 138 cm³/mol. The van der Waals surface area contributed by atoms with Gasteiger partial charge in [0.25, 0.3) is 5.56 Å². The largest absolute Gasteiger partial charge is 0.490 e. The molecular weight excluding hydrogens is 560 g/mol. The van der Waals surface area contributed by atoms with Gasteiger partial charge in [-0.3, -0.25) is 9.69 Å². The van der Waals surface area contributed by atoms with Crippen LogP contribution >= 0.6 is 0 Å². The van der Waals surface area contributed by atoms with Crippen LogP contribution in [0.2, 0.25) is 0 Å². The van der Waals surface area contributed by atoms with Crippen LogP contribution in [-0.2, 0) is 16.1 Å². The number of likely N-dealkylation sites (tertiary alicyclic amines) is 1. The lowest BCUT2D eigenvalue weighted by Crippen LogP contribution is -2.43. The molecular formula is C27H31F6N3O5. The van der Waals surface area contributed by atoms with Crippen molar-refractivity contribution in [1.29, 1.82) is 0 Å². The predicted octanol–water partition coefficient (Wildman–Crippen LogP) is 4.69. The lowest BCUT2D eigenvalue weighted by atomic mass is 10.0. The first-order chi connectivity index (χ1) is 19.1. The van der Waals surface area contributed by atoms with Gasteiger partial charge in [-0.1, -0.05) is 48.0 Å². The fourth-order valence-corrected chi connectivity index (χ4v) is 4.18. The maximum atomic E-state index is 11.8. The highest BCUT2D eigenvalue weighted by molar-refractivity contribution is 5.73. The van der Waals surface area contributed by atoms with Gasteiger partial charge in [0.15, 0.2) is 0 Å². The summed E-state index contributed by atoms with van der Waals surface area (Å²) in [7, 11) is 0. The Hall–Kier alpha value is -3.65. The molecule has 0 spiro atoms. The molecule has 2 aliphatic rings. The summed E-state index contributed by atoms with van der Waals surface area (Å²) in [6, 6.07) is 15.7. The topological polar surface area (TPSA) is 123 Å². The van der Waals surface area contributed by atoms with E-state index in [1.54, 1.807) is 6.20 Å². The van der Waals surface area contributed by atoms with Crippen molar-refractivity contribution in [3.63, 3.8) is 0 Å². The number of aromatic nitrogens is 1. The molecule has 4 N–H and O–H groups in total. The third-order valence-corrected chi connectivity index (χ3v) is 6.39. The van der Waals surface area contributed by atoms with Crippen molar-refractivity contribution in [2.75, 3.05) is 13.1 Å². The van der Waals surface area contributed by atoms with Gasteiger partial charge >= 0.3 is 24.3 Å². The van der Waals surface area contributed by atoms with E-state index in [1.807, 2.05) is 12.1 Å². The summed E-state index contributed by atoms with van der Waals surface area (Å²) in [5.41, 5.74) is 3.69. The number of alkyl halides is 6. The number of halogens is 6. The van der Waals surface area contributed by atoms with Gasteiger partial charge in [0.1, 0.15) is 0 Å². The molecule has 0 radical (unpaired) electrons. The molecule has 1 aromatic carbocycles. The molecule has 14 heteroatoms. The van der Waals surface area contributed by atoms with E-state index in [2.05, 4.69) is 58.5 Å². The molecule has 2 fully saturated rings. The molecule has 0 bridgehead atoms. The van der Waals surface area contributed by atoms with Gasteiger partial charge in [0.05, 0.1) is 0 Å². The minimum atomic E-state index is -5.08. The quantitative estimate of drug-likeness (QED) is 0.360. The summed E-state index contributed by atoms with van der Waals surface area (Å²) in [5, 5.41) is 18.1. The van der Waals surface area contributed by atoms with Gasteiger partial charge in [-0.25, -0.2) is 9.59 Å². The summed E-state index contributed by atoms with van der Waals surface area (Å²) < 4.78 is 63.5. The van der Waals surface area contributed by atoms with Gasteiger partial charge in [0, 0.05) is 30.4 Å². The molecule has 8 nitrogen and oxygen atoms in total. The summed E-state index contributed by atoms with van der Waals surface area (Å²) in [5.74, 6) is -4.83. The molecule has 41 heavy (non-hydrogen) atoms. The zero-order valence-electron chi connectivity index (χ0n) is 22.0. The van der Waals surface area contributed by atoms with E-state index in [1.165, 1.54) is 17.6 Å². The highest BCUT2D eigenvalue weighted by Crippen LogP contribution is 2.38. The van der Waals surface area contributed by atoms with Gasteiger partial charge < -0.3 is 20.5 Å². The van der Waals surface area contributed by atoms with Crippen molar-refractivity contribution >= 4 is 18.0 Å². The van der Waals surface area contributed by atoms with Crippen LogP contribution in [-0.4, -0.2) is 69.6 Å². The van der Waals surface area contributed by atoms with Crippen molar-refractivity contribution < 1.29 is 46.1 Å². The van der Waals surface area contributed by atoms with E-state index in [9.17, 15) is 31.1 Å². The maximum Gasteiger partial charge on any atom is 0.490 e. The highest BCUT2D eigenvalue weighted by Gasteiger charge is 2.40. The van der Waals surface area contributed by atoms with Crippen molar-refractivity contribution in [3.8, 4) is 0 Å². The lowest BCUT2D eigenvalue weighted by molar-refractivity contribution is -0.193. The molecule has 0 amide bonds. The number of hydrogen-bond donors (Lipinski definition) is 4. The van der Waals surface area contributed by atoms with Crippen LogP contribution in [0.4, 0.5) is 26.3 Å². The van der Waals surface area contributed by atoms with Gasteiger partial charge in [-0.05, 0) is 56.8 Å². The average molecular weight is 592 g/mol. The molecule has 2 atom stereocenters. The molecule has 226 valence electrons. The number of carboxylic acid groups (broad SMARTS) is 2. The smallest absolute Gasteiger partial charge is 0.475 e. The number of aliphatic carboxylic acids is 2. The summed E-state index contributed by atoms with van der Waals surface area (Å²) in [4.78, 5) is 34.8. The Labute approximate surface area is 231 Å². The van der Waals surface area contributed by atoms with E-state index in [-0.39, 0.29) is 5.56 Å². The van der Waals surface area contributed by atoms with Crippen LogP contribution in [0.3, 0.4) is 0 Å². The number of nitrogens with one attached hydrogen (secondary N) is 2. The van der Waals surface area contributed by atoms with E-state index in [0.717, 1.165) is 38.0 Å². The van der Waals surface area contributed by atoms with Gasteiger partial charge in [0.2, 0.25) is 0 Å². The first kappa shape index (κ1) is 33.6. The number of nitrogens with zero attached hydrogens (tertiary/aromatic N) is 1. The fraction of sp³-hybridized carbons (Fsp3) is 0.444. The van der Waals surface area contributed by atoms with Crippen LogP contribution in [0.15, 0.2) is 59.0 Å². The minimum Gasteiger partial charge on any atom is -0.475 e. The Morgan fingerprint density at radius 1 is 0.976 bits per heavy atom. The van der Waals surface area contributed by atoms with Crippen molar-refractivity contribution in [3.05, 3.63) is 75.7 Å². The molecule has 1 aromatic heterocycles. The van der Waals surface area contributed by atoms with E-state index < -0.39 is 24.3 Å². The van der Waals surface area contributed by atoms with Crippen LogP contribution in [0.5, 0.6) is 0 Å². The Morgan fingerprint density at radius 3 is 2.00 bits per heavy atom. The zero-order valence-corrected chi connectivity index (χ0v) is 22.0. The third kappa shape index (κ3) is 12.2. The van der Waals surface area contributed by atoms with Gasteiger partial charge in [-0.2, -0.15) is 26.3 Å².